The zero-order valence-electron chi connectivity index (χ0n) is 22.3. The minimum atomic E-state index is -1.07. The molecule has 5 nitrogen and oxygen atoms in total. The molecule has 5 rings (SSSR count). The van der Waals surface area contributed by atoms with E-state index in [4.69, 9.17) is 4.74 Å². The van der Waals surface area contributed by atoms with Crippen LogP contribution in [-0.2, 0) is 10.3 Å². The van der Waals surface area contributed by atoms with Crippen molar-refractivity contribution >= 4 is 23.0 Å². The number of ether oxygens (including phenoxy) is 1. The molecule has 0 aromatic heterocycles. The summed E-state index contributed by atoms with van der Waals surface area (Å²) in [5, 5.41) is 0. The predicted octanol–water partition coefficient (Wildman–Crippen LogP) is 6.01. The molecule has 0 radical (unpaired) electrons. The number of benzene rings is 4. The summed E-state index contributed by atoms with van der Waals surface area (Å²) in [7, 11) is 12.1. The van der Waals surface area contributed by atoms with E-state index in [2.05, 4.69) is 93.6 Å². The lowest BCUT2D eigenvalue weighted by Crippen LogP contribution is -2.30. The van der Waals surface area contributed by atoms with Gasteiger partial charge in [-0.2, -0.15) is 0 Å². The number of esters is 1. The third kappa shape index (κ3) is 4.10. The van der Waals surface area contributed by atoms with Crippen molar-refractivity contribution in [3.63, 3.8) is 0 Å². The first-order chi connectivity index (χ1) is 17.7. The van der Waals surface area contributed by atoms with Crippen molar-refractivity contribution in [2.24, 2.45) is 0 Å². The van der Waals surface area contributed by atoms with Crippen LogP contribution in [0.1, 0.15) is 27.0 Å². The number of hydrogen-bond donors (Lipinski definition) is 0. The van der Waals surface area contributed by atoms with E-state index in [9.17, 15) is 4.79 Å². The largest absolute Gasteiger partial charge is 0.441 e. The molecular formula is C32H33N3O2. The van der Waals surface area contributed by atoms with Crippen molar-refractivity contribution in [2.45, 2.75) is 5.60 Å². The number of cyclic esters (lactones) is 1. The second-order valence-electron chi connectivity index (χ2n) is 10.1. The summed E-state index contributed by atoms with van der Waals surface area (Å²) in [5.41, 5.74) is 7.56. The third-order valence-corrected chi connectivity index (χ3v) is 7.16. The van der Waals surface area contributed by atoms with Crippen molar-refractivity contribution in [3.05, 3.63) is 113 Å². The fraction of sp³-hybridized carbons (Fsp3) is 0.219. The van der Waals surface area contributed by atoms with Crippen LogP contribution >= 0.6 is 0 Å². The zero-order valence-corrected chi connectivity index (χ0v) is 22.3. The Kier molecular flexibility index (Phi) is 6.16. The van der Waals surface area contributed by atoms with E-state index in [1.165, 1.54) is 0 Å². The second kappa shape index (κ2) is 9.32. The van der Waals surface area contributed by atoms with E-state index in [-0.39, 0.29) is 5.97 Å². The molecule has 0 fully saturated rings. The third-order valence-electron chi connectivity index (χ3n) is 7.16. The quantitative estimate of drug-likeness (QED) is 0.309. The smallest absolute Gasteiger partial charge is 0.340 e. The summed E-state index contributed by atoms with van der Waals surface area (Å²) >= 11 is 0. The molecule has 0 saturated heterocycles. The maximum absolute atomic E-state index is 13.5. The lowest BCUT2D eigenvalue weighted by Gasteiger charge is -2.32. The maximum atomic E-state index is 13.5. The number of carbonyl (C=O) groups excluding carboxylic acids is 1. The van der Waals surface area contributed by atoms with Crippen LogP contribution in [0.15, 0.2) is 91.0 Å². The average molecular weight is 492 g/mol. The van der Waals surface area contributed by atoms with Crippen LogP contribution in [0.4, 0.5) is 17.1 Å². The van der Waals surface area contributed by atoms with Crippen LogP contribution in [0.5, 0.6) is 0 Å². The van der Waals surface area contributed by atoms with Gasteiger partial charge in [-0.05, 0) is 53.6 Å². The molecule has 188 valence electrons. The van der Waals surface area contributed by atoms with Crippen molar-refractivity contribution in [1.29, 1.82) is 0 Å². The normalized spacial score (nSPS) is 13.6. The Morgan fingerprint density at radius 3 is 1.38 bits per heavy atom. The maximum Gasteiger partial charge on any atom is 0.340 e. The predicted molar refractivity (Wildman–Crippen MR) is 153 cm³/mol. The van der Waals surface area contributed by atoms with Crippen LogP contribution in [0.25, 0.3) is 11.1 Å². The van der Waals surface area contributed by atoms with Crippen molar-refractivity contribution in [2.75, 3.05) is 57.0 Å². The first-order valence-corrected chi connectivity index (χ1v) is 12.4. The average Bonchev–Trinajstić information content (AvgIpc) is 3.22. The van der Waals surface area contributed by atoms with Gasteiger partial charge in [0.15, 0.2) is 5.60 Å². The van der Waals surface area contributed by atoms with Gasteiger partial charge in [0.25, 0.3) is 0 Å². The van der Waals surface area contributed by atoms with Crippen LogP contribution in [0.2, 0.25) is 0 Å². The summed E-state index contributed by atoms with van der Waals surface area (Å²) in [6.07, 6.45) is 0. The summed E-state index contributed by atoms with van der Waals surface area (Å²) in [5.74, 6) is -0.310. The van der Waals surface area contributed by atoms with E-state index < -0.39 is 5.60 Å². The van der Waals surface area contributed by atoms with E-state index in [1.807, 2.05) is 54.4 Å². The van der Waals surface area contributed by atoms with Gasteiger partial charge in [-0.15, -0.1) is 0 Å². The van der Waals surface area contributed by atoms with Gasteiger partial charge in [0, 0.05) is 76.0 Å². The molecule has 0 aliphatic carbocycles. The summed E-state index contributed by atoms with van der Waals surface area (Å²) < 4.78 is 6.44. The van der Waals surface area contributed by atoms with Crippen LogP contribution in [0.3, 0.4) is 0 Å². The number of nitrogens with zero attached hydrogens (tertiary/aromatic N) is 3. The molecule has 0 atom stereocenters. The molecule has 0 N–H and O–H groups in total. The highest BCUT2D eigenvalue weighted by atomic mass is 16.6. The Hall–Kier alpha value is -4.25. The van der Waals surface area contributed by atoms with Crippen molar-refractivity contribution in [3.8, 4) is 11.1 Å². The van der Waals surface area contributed by atoms with Gasteiger partial charge in [-0.1, -0.05) is 48.5 Å². The molecule has 1 aliphatic heterocycles. The molecule has 0 saturated carbocycles. The Morgan fingerprint density at radius 2 is 0.946 bits per heavy atom. The van der Waals surface area contributed by atoms with Gasteiger partial charge in [0.2, 0.25) is 0 Å². The molecule has 1 aliphatic rings. The molecule has 4 aromatic rings. The summed E-state index contributed by atoms with van der Waals surface area (Å²) in [6.45, 7) is 0. The molecular weight excluding hydrogens is 458 g/mol. The highest BCUT2D eigenvalue weighted by Crippen LogP contribution is 2.51. The van der Waals surface area contributed by atoms with Gasteiger partial charge in [0.05, 0.1) is 5.56 Å². The molecule has 0 spiro atoms. The van der Waals surface area contributed by atoms with Crippen molar-refractivity contribution in [1.82, 2.24) is 0 Å². The first kappa shape index (κ1) is 24.4. The Morgan fingerprint density at radius 1 is 0.541 bits per heavy atom. The van der Waals surface area contributed by atoms with E-state index >= 15 is 0 Å². The van der Waals surface area contributed by atoms with Gasteiger partial charge in [0.1, 0.15) is 0 Å². The number of hydrogen-bond acceptors (Lipinski definition) is 5. The fourth-order valence-electron chi connectivity index (χ4n) is 5.09. The van der Waals surface area contributed by atoms with Gasteiger partial charge >= 0.3 is 5.97 Å². The SMILES string of the molecule is CN(C)c1ccc(-c2cccc3c2C(c2ccc(N(C)C)cc2)(c2ccc(N(C)C)cc2)OC3=O)cc1. The van der Waals surface area contributed by atoms with E-state index in [0.29, 0.717) is 5.56 Å². The molecule has 0 unspecified atom stereocenters. The van der Waals surface area contributed by atoms with Gasteiger partial charge in [-0.25, -0.2) is 4.79 Å². The minimum Gasteiger partial charge on any atom is -0.441 e. The number of anilines is 3. The minimum absolute atomic E-state index is 0.310. The van der Waals surface area contributed by atoms with Crippen LogP contribution in [-0.4, -0.2) is 48.3 Å². The molecule has 37 heavy (non-hydrogen) atoms. The topological polar surface area (TPSA) is 36.0 Å². The number of rotatable bonds is 6. The summed E-state index contributed by atoms with van der Waals surface area (Å²) in [6, 6.07) is 30.9. The standard InChI is InChI=1S/C32H33N3O2/c1-33(2)25-16-10-22(11-17-25)28-8-7-9-29-30(28)32(37-31(29)36,23-12-18-26(19-13-23)34(3)4)24-14-20-27(21-15-24)35(5)6/h7-21H,1-6H3. The van der Waals surface area contributed by atoms with E-state index in [0.717, 1.165) is 44.9 Å². The number of fused-ring (bicyclic) bond motifs is 1. The molecule has 4 aromatic carbocycles. The van der Waals surface area contributed by atoms with Gasteiger partial charge < -0.3 is 19.4 Å². The monoisotopic (exact) mass is 491 g/mol. The van der Waals surface area contributed by atoms with Crippen molar-refractivity contribution < 1.29 is 9.53 Å². The van der Waals surface area contributed by atoms with Crippen LogP contribution in [0, 0.1) is 0 Å². The lowest BCUT2D eigenvalue weighted by atomic mass is 9.76. The van der Waals surface area contributed by atoms with Gasteiger partial charge in [-0.3, -0.25) is 0 Å². The fourth-order valence-corrected chi connectivity index (χ4v) is 5.09. The molecule has 0 amide bonds. The summed E-state index contributed by atoms with van der Waals surface area (Å²) in [4.78, 5) is 19.7. The zero-order chi connectivity index (χ0) is 26.3. The lowest BCUT2D eigenvalue weighted by molar-refractivity contribution is 0.0252. The highest BCUT2D eigenvalue weighted by molar-refractivity contribution is 5.99. The van der Waals surface area contributed by atoms with E-state index in [1.54, 1.807) is 0 Å². The Labute approximate surface area is 219 Å². The first-order valence-electron chi connectivity index (χ1n) is 12.4. The Bertz CT molecular complexity index is 1370. The molecule has 0 bridgehead atoms. The molecule has 1 heterocycles. The Balaban J connectivity index is 1.78. The number of carbonyl (C=O) groups is 1. The highest BCUT2D eigenvalue weighted by Gasteiger charge is 2.50. The van der Waals surface area contributed by atoms with Crippen LogP contribution < -0.4 is 14.7 Å². The molecule has 5 heteroatoms. The second-order valence-corrected chi connectivity index (χ2v) is 10.1.